The number of rotatable bonds is 4. The molecule has 0 radical (unpaired) electrons. The molecule has 0 unspecified atom stereocenters. The molecular weight excluding hydrogens is 196 g/mol. The molecular formula is C9H14N4O2. The fourth-order valence-corrected chi connectivity index (χ4v) is 1.64. The van der Waals surface area contributed by atoms with Gasteiger partial charge in [0, 0.05) is 20.0 Å². The zero-order valence-corrected chi connectivity index (χ0v) is 8.84. The highest BCUT2D eigenvalue weighted by atomic mass is 16.4. The summed E-state index contributed by atoms with van der Waals surface area (Å²) in [6.45, 7) is -0.0589. The van der Waals surface area contributed by atoms with E-state index in [-0.39, 0.29) is 6.54 Å². The van der Waals surface area contributed by atoms with Gasteiger partial charge in [0.25, 0.3) is 0 Å². The molecule has 15 heavy (non-hydrogen) atoms. The van der Waals surface area contributed by atoms with Gasteiger partial charge in [0.05, 0.1) is 0 Å². The minimum Gasteiger partial charge on any atom is -0.480 e. The molecule has 1 fully saturated rings. The third-order valence-corrected chi connectivity index (χ3v) is 2.54. The Bertz CT molecular complexity index is 383. The SMILES string of the molecule is CN(CC(=O)O)c1nnc(C2CC2)n1C. The van der Waals surface area contributed by atoms with Gasteiger partial charge in [-0.05, 0) is 12.8 Å². The van der Waals surface area contributed by atoms with Gasteiger partial charge in [-0.3, -0.25) is 4.79 Å². The van der Waals surface area contributed by atoms with Crippen LogP contribution in [0, 0.1) is 0 Å². The summed E-state index contributed by atoms with van der Waals surface area (Å²) in [6, 6.07) is 0. The number of hydrogen-bond donors (Lipinski definition) is 1. The van der Waals surface area contributed by atoms with Crippen LogP contribution < -0.4 is 4.90 Å². The summed E-state index contributed by atoms with van der Waals surface area (Å²) in [5.74, 6) is 1.23. The van der Waals surface area contributed by atoms with E-state index in [1.165, 1.54) is 0 Å². The molecule has 1 aliphatic carbocycles. The van der Waals surface area contributed by atoms with Gasteiger partial charge in [0.2, 0.25) is 5.95 Å². The second kappa shape index (κ2) is 3.52. The van der Waals surface area contributed by atoms with Crippen LogP contribution in [0.15, 0.2) is 0 Å². The highest BCUT2D eigenvalue weighted by Gasteiger charge is 2.29. The van der Waals surface area contributed by atoms with Crippen LogP contribution in [-0.2, 0) is 11.8 Å². The number of nitrogens with zero attached hydrogens (tertiary/aromatic N) is 4. The first kappa shape index (κ1) is 9.95. The summed E-state index contributed by atoms with van der Waals surface area (Å²) < 4.78 is 1.88. The van der Waals surface area contributed by atoms with Gasteiger partial charge in [0.15, 0.2) is 0 Å². The molecule has 1 aromatic rings. The maximum absolute atomic E-state index is 10.5. The Morgan fingerprint density at radius 2 is 2.27 bits per heavy atom. The quantitative estimate of drug-likeness (QED) is 0.769. The number of aliphatic carboxylic acids is 1. The fourth-order valence-electron chi connectivity index (χ4n) is 1.64. The molecule has 0 saturated heterocycles. The topological polar surface area (TPSA) is 71.2 Å². The molecule has 0 bridgehead atoms. The van der Waals surface area contributed by atoms with Crippen LogP contribution in [0.4, 0.5) is 5.95 Å². The van der Waals surface area contributed by atoms with E-state index in [9.17, 15) is 4.79 Å². The van der Waals surface area contributed by atoms with E-state index in [1.807, 2.05) is 11.6 Å². The minimum absolute atomic E-state index is 0.0589. The summed E-state index contributed by atoms with van der Waals surface area (Å²) in [4.78, 5) is 12.1. The van der Waals surface area contributed by atoms with Gasteiger partial charge in [0.1, 0.15) is 12.4 Å². The minimum atomic E-state index is -0.867. The molecule has 82 valence electrons. The van der Waals surface area contributed by atoms with E-state index >= 15 is 0 Å². The van der Waals surface area contributed by atoms with Crippen molar-refractivity contribution in [3.05, 3.63) is 5.82 Å². The van der Waals surface area contributed by atoms with Crippen molar-refractivity contribution < 1.29 is 9.90 Å². The fraction of sp³-hybridized carbons (Fsp3) is 0.667. The van der Waals surface area contributed by atoms with Crippen LogP contribution >= 0.6 is 0 Å². The lowest BCUT2D eigenvalue weighted by Crippen LogP contribution is -2.27. The van der Waals surface area contributed by atoms with E-state index in [0.717, 1.165) is 18.7 Å². The first-order valence-corrected chi connectivity index (χ1v) is 4.92. The second-order valence-electron chi connectivity index (χ2n) is 3.94. The molecule has 1 saturated carbocycles. The summed E-state index contributed by atoms with van der Waals surface area (Å²) >= 11 is 0. The molecule has 0 atom stereocenters. The predicted octanol–water partition coefficient (Wildman–Crippen LogP) is 0.213. The first-order valence-electron chi connectivity index (χ1n) is 4.92. The number of carbonyl (C=O) groups is 1. The van der Waals surface area contributed by atoms with Gasteiger partial charge in [-0.25, -0.2) is 0 Å². The van der Waals surface area contributed by atoms with Crippen molar-refractivity contribution in [2.45, 2.75) is 18.8 Å². The number of carboxylic acid groups (broad SMARTS) is 1. The Labute approximate surface area is 87.5 Å². The van der Waals surface area contributed by atoms with E-state index in [0.29, 0.717) is 11.9 Å². The number of carboxylic acids is 1. The Balaban J connectivity index is 2.17. The van der Waals surface area contributed by atoms with Crippen LogP contribution in [-0.4, -0.2) is 39.4 Å². The van der Waals surface area contributed by atoms with Crippen molar-refractivity contribution in [2.75, 3.05) is 18.5 Å². The van der Waals surface area contributed by atoms with Gasteiger partial charge < -0.3 is 14.6 Å². The van der Waals surface area contributed by atoms with Gasteiger partial charge in [-0.2, -0.15) is 0 Å². The lowest BCUT2D eigenvalue weighted by atomic mass is 10.4. The molecule has 0 spiro atoms. The molecule has 2 rings (SSSR count). The molecule has 6 nitrogen and oxygen atoms in total. The van der Waals surface area contributed by atoms with Gasteiger partial charge in [-0.1, -0.05) is 0 Å². The van der Waals surface area contributed by atoms with Crippen molar-refractivity contribution in [1.82, 2.24) is 14.8 Å². The number of hydrogen-bond acceptors (Lipinski definition) is 4. The van der Waals surface area contributed by atoms with Crippen LogP contribution in [0.25, 0.3) is 0 Å². The lowest BCUT2D eigenvalue weighted by molar-refractivity contribution is -0.135. The molecule has 1 aliphatic rings. The molecule has 0 aliphatic heterocycles. The van der Waals surface area contributed by atoms with Gasteiger partial charge >= 0.3 is 5.97 Å². The normalized spacial score (nSPS) is 15.3. The molecule has 0 amide bonds. The second-order valence-corrected chi connectivity index (χ2v) is 3.94. The highest BCUT2D eigenvalue weighted by Crippen LogP contribution is 2.39. The molecule has 1 N–H and O–H groups in total. The third-order valence-electron chi connectivity index (χ3n) is 2.54. The number of aromatic nitrogens is 3. The van der Waals surface area contributed by atoms with Crippen molar-refractivity contribution in [3.63, 3.8) is 0 Å². The van der Waals surface area contributed by atoms with Crippen molar-refractivity contribution in [3.8, 4) is 0 Å². The third kappa shape index (κ3) is 1.93. The Kier molecular flexibility index (Phi) is 2.34. The van der Waals surface area contributed by atoms with Crippen molar-refractivity contribution in [1.29, 1.82) is 0 Å². The summed E-state index contributed by atoms with van der Waals surface area (Å²) in [7, 11) is 3.58. The standard InChI is InChI=1S/C9H14N4O2/c1-12(5-7(14)15)9-11-10-8(13(9)2)6-3-4-6/h6H,3-5H2,1-2H3,(H,14,15). The molecule has 1 heterocycles. The average Bonchev–Trinajstić information content (AvgIpc) is 2.89. The highest BCUT2D eigenvalue weighted by molar-refractivity contribution is 5.72. The van der Waals surface area contributed by atoms with E-state index in [1.54, 1.807) is 11.9 Å². The van der Waals surface area contributed by atoms with E-state index < -0.39 is 5.97 Å². The number of likely N-dealkylation sites (N-methyl/N-ethyl adjacent to an activating group) is 1. The summed E-state index contributed by atoms with van der Waals surface area (Å²) in [5, 5.41) is 16.8. The summed E-state index contributed by atoms with van der Waals surface area (Å²) in [6.07, 6.45) is 2.32. The molecule has 6 heteroatoms. The smallest absolute Gasteiger partial charge is 0.323 e. The van der Waals surface area contributed by atoms with Crippen molar-refractivity contribution >= 4 is 11.9 Å². The Morgan fingerprint density at radius 1 is 1.60 bits per heavy atom. The average molecular weight is 210 g/mol. The van der Waals surface area contributed by atoms with E-state index in [4.69, 9.17) is 5.11 Å². The van der Waals surface area contributed by atoms with E-state index in [2.05, 4.69) is 10.2 Å². The zero-order valence-electron chi connectivity index (χ0n) is 8.84. The maximum Gasteiger partial charge on any atom is 0.323 e. The summed E-state index contributed by atoms with van der Waals surface area (Å²) in [5.41, 5.74) is 0. The van der Waals surface area contributed by atoms with Gasteiger partial charge in [-0.15, -0.1) is 10.2 Å². The predicted molar refractivity (Wildman–Crippen MR) is 53.9 cm³/mol. The zero-order chi connectivity index (χ0) is 11.0. The monoisotopic (exact) mass is 210 g/mol. The Hall–Kier alpha value is -1.59. The largest absolute Gasteiger partial charge is 0.480 e. The number of anilines is 1. The first-order chi connectivity index (χ1) is 7.09. The maximum atomic E-state index is 10.5. The van der Waals surface area contributed by atoms with Crippen molar-refractivity contribution in [2.24, 2.45) is 7.05 Å². The van der Waals surface area contributed by atoms with Crippen LogP contribution in [0.3, 0.4) is 0 Å². The molecule has 1 aromatic heterocycles. The Morgan fingerprint density at radius 3 is 2.80 bits per heavy atom. The van der Waals surface area contributed by atoms with Crippen LogP contribution in [0.5, 0.6) is 0 Å². The molecule has 0 aromatic carbocycles. The van der Waals surface area contributed by atoms with Crippen LogP contribution in [0.1, 0.15) is 24.6 Å². The lowest BCUT2D eigenvalue weighted by Gasteiger charge is -2.14. The van der Waals surface area contributed by atoms with Crippen LogP contribution in [0.2, 0.25) is 0 Å².